The van der Waals surface area contributed by atoms with Gasteiger partial charge in [0.25, 0.3) is 0 Å². The van der Waals surface area contributed by atoms with Crippen LogP contribution < -0.4 is 26.7 Å². The van der Waals surface area contributed by atoms with E-state index >= 15 is 0 Å². The average molecular weight is 351 g/mol. The number of benzene rings is 4. The SMILES string of the molecule is NP12(c3ccccc3-c3ccccc31)c1ccccc1-c1ccccc12. The van der Waals surface area contributed by atoms with Crippen molar-refractivity contribution in [3.05, 3.63) is 97.1 Å². The molecule has 4 aromatic rings. The quantitative estimate of drug-likeness (QED) is 0.481. The summed E-state index contributed by atoms with van der Waals surface area (Å²) >= 11 is 0. The van der Waals surface area contributed by atoms with E-state index in [0.29, 0.717) is 0 Å². The van der Waals surface area contributed by atoms with Crippen LogP contribution in [0.2, 0.25) is 0 Å². The second kappa shape index (κ2) is 4.51. The van der Waals surface area contributed by atoms with Gasteiger partial charge in [0.2, 0.25) is 0 Å². The molecule has 0 fully saturated rings. The van der Waals surface area contributed by atoms with Crippen molar-refractivity contribution in [1.82, 2.24) is 0 Å². The molecule has 4 aromatic carbocycles. The molecule has 0 saturated carbocycles. The van der Waals surface area contributed by atoms with Crippen LogP contribution >= 0.6 is 6.75 Å². The normalized spacial score (nSPS) is 18.3. The first kappa shape index (κ1) is 14.4. The Morgan fingerprint density at radius 2 is 0.615 bits per heavy atom. The summed E-state index contributed by atoms with van der Waals surface area (Å²) in [6.45, 7) is -3.17. The molecule has 0 radical (unpaired) electrons. The molecule has 1 nitrogen and oxygen atoms in total. The Hall–Kier alpha value is -2.73. The van der Waals surface area contributed by atoms with Gasteiger partial charge in [0.05, 0.1) is 0 Å². The van der Waals surface area contributed by atoms with Gasteiger partial charge in [-0.05, 0) is 0 Å². The standard InChI is InChI=1S/C24H18NP/c25-26(21-13-5-1-9-17(21)18-10-2-6-14-22(18)26)23-15-7-3-11-19(23)20-12-4-8-16-24(20)26/h1-16H,25H2. The Kier molecular flexibility index (Phi) is 2.50. The van der Waals surface area contributed by atoms with Crippen LogP contribution in [0.4, 0.5) is 0 Å². The topological polar surface area (TPSA) is 26.0 Å². The number of hydrogen-bond acceptors (Lipinski definition) is 1. The molecule has 0 aromatic heterocycles. The molecule has 2 heterocycles. The van der Waals surface area contributed by atoms with Crippen LogP contribution in [0, 0.1) is 0 Å². The number of rotatable bonds is 0. The van der Waals surface area contributed by atoms with Crippen LogP contribution in [-0.2, 0) is 0 Å². The van der Waals surface area contributed by atoms with Gasteiger partial charge in [-0.25, -0.2) is 0 Å². The predicted octanol–water partition coefficient (Wildman–Crippen LogP) is 3.68. The van der Waals surface area contributed by atoms with E-state index in [1.165, 1.54) is 43.5 Å². The van der Waals surface area contributed by atoms with Crippen molar-refractivity contribution in [3.63, 3.8) is 0 Å². The van der Waals surface area contributed by atoms with E-state index in [4.69, 9.17) is 5.50 Å². The van der Waals surface area contributed by atoms with Gasteiger partial charge in [0.1, 0.15) is 0 Å². The maximum atomic E-state index is 7.82. The monoisotopic (exact) mass is 351 g/mol. The average Bonchev–Trinajstić information content (AvgIpc) is 3.11. The van der Waals surface area contributed by atoms with E-state index in [-0.39, 0.29) is 0 Å². The molecule has 0 unspecified atom stereocenters. The molecule has 2 heteroatoms. The molecule has 0 amide bonds. The van der Waals surface area contributed by atoms with E-state index in [1.54, 1.807) is 0 Å². The summed E-state index contributed by atoms with van der Waals surface area (Å²) in [6.07, 6.45) is 0. The fourth-order valence-electron chi connectivity index (χ4n) is 5.20. The van der Waals surface area contributed by atoms with Gasteiger partial charge in [-0.2, -0.15) is 0 Å². The Bertz CT molecular complexity index is 1030. The minimum absolute atomic E-state index is 1.29. The summed E-state index contributed by atoms with van der Waals surface area (Å²) in [6, 6.07) is 35.0. The number of hydrogen-bond donors (Lipinski definition) is 1. The van der Waals surface area contributed by atoms with E-state index in [1.807, 2.05) is 0 Å². The summed E-state index contributed by atoms with van der Waals surface area (Å²) in [5.41, 5.74) is 13.0. The van der Waals surface area contributed by atoms with Crippen molar-refractivity contribution in [2.24, 2.45) is 5.50 Å². The molecule has 124 valence electrons. The fourth-order valence-corrected chi connectivity index (χ4v) is 11.1. The maximum absolute atomic E-state index is 7.82. The molecule has 0 aliphatic carbocycles. The Balaban J connectivity index is 1.95. The van der Waals surface area contributed by atoms with E-state index in [9.17, 15) is 0 Å². The van der Waals surface area contributed by atoms with Gasteiger partial charge >= 0.3 is 153 Å². The van der Waals surface area contributed by atoms with Crippen molar-refractivity contribution in [1.29, 1.82) is 0 Å². The van der Waals surface area contributed by atoms with E-state index in [0.717, 1.165) is 0 Å². The van der Waals surface area contributed by atoms with Crippen molar-refractivity contribution in [2.75, 3.05) is 0 Å². The molecule has 6 rings (SSSR count). The summed E-state index contributed by atoms with van der Waals surface area (Å²) in [5, 5.41) is 5.21. The van der Waals surface area contributed by atoms with E-state index in [2.05, 4.69) is 97.1 Å². The number of fused-ring (bicyclic) bond motifs is 10. The zero-order chi connectivity index (χ0) is 17.4. The first-order valence-corrected chi connectivity index (χ1v) is 11.3. The molecule has 0 saturated heterocycles. The van der Waals surface area contributed by atoms with Gasteiger partial charge in [-0.15, -0.1) is 0 Å². The molecular weight excluding hydrogens is 333 g/mol. The second-order valence-corrected chi connectivity index (χ2v) is 11.6. The first-order chi connectivity index (χ1) is 12.7. The van der Waals surface area contributed by atoms with Crippen LogP contribution in [0.25, 0.3) is 22.3 Å². The summed E-state index contributed by atoms with van der Waals surface area (Å²) in [4.78, 5) is 0. The summed E-state index contributed by atoms with van der Waals surface area (Å²) in [7, 11) is 0. The zero-order valence-corrected chi connectivity index (χ0v) is 15.2. The Morgan fingerprint density at radius 1 is 0.385 bits per heavy atom. The zero-order valence-electron chi connectivity index (χ0n) is 14.3. The van der Waals surface area contributed by atoms with Crippen LogP contribution in [0.15, 0.2) is 97.1 Å². The third-order valence-corrected chi connectivity index (χ3v) is 11.8. The molecular formula is C24H18NP. The second-order valence-electron chi connectivity index (χ2n) is 7.26. The minimum atomic E-state index is -3.17. The third-order valence-electron chi connectivity index (χ3n) is 6.20. The van der Waals surface area contributed by atoms with Crippen LogP contribution in [0.5, 0.6) is 0 Å². The fraction of sp³-hybridized carbons (Fsp3) is 0. The first-order valence-electron chi connectivity index (χ1n) is 8.96. The van der Waals surface area contributed by atoms with Gasteiger partial charge in [0, 0.05) is 0 Å². The van der Waals surface area contributed by atoms with Crippen molar-refractivity contribution in [3.8, 4) is 22.3 Å². The molecule has 2 aliphatic heterocycles. The van der Waals surface area contributed by atoms with Crippen LogP contribution in [0.1, 0.15) is 0 Å². The molecule has 2 aliphatic rings. The predicted molar refractivity (Wildman–Crippen MR) is 113 cm³/mol. The third kappa shape index (κ3) is 1.32. The number of nitrogens with two attached hydrogens (primary N) is 1. The Labute approximate surface area is 153 Å². The van der Waals surface area contributed by atoms with Gasteiger partial charge < -0.3 is 0 Å². The van der Waals surface area contributed by atoms with Crippen molar-refractivity contribution >= 4 is 28.0 Å². The van der Waals surface area contributed by atoms with Crippen molar-refractivity contribution < 1.29 is 0 Å². The van der Waals surface area contributed by atoms with Crippen LogP contribution in [-0.4, -0.2) is 0 Å². The van der Waals surface area contributed by atoms with Gasteiger partial charge in [0.15, 0.2) is 0 Å². The molecule has 2 N–H and O–H groups in total. The van der Waals surface area contributed by atoms with Gasteiger partial charge in [-0.3, -0.25) is 0 Å². The summed E-state index contributed by atoms with van der Waals surface area (Å²) in [5.74, 6) is 0. The van der Waals surface area contributed by atoms with E-state index < -0.39 is 6.75 Å². The molecule has 0 atom stereocenters. The molecule has 1 spiro atoms. The molecule has 0 bridgehead atoms. The Morgan fingerprint density at radius 3 is 0.885 bits per heavy atom. The summed E-state index contributed by atoms with van der Waals surface area (Å²) < 4.78 is 0. The van der Waals surface area contributed by atoms with Gasteiger partial charge in [-0.1, -0.05) is 0 Å². The van der Waals surface area contributed by atoms with Crippen molar-refractivity contribution in [2.45, 2.75) is 0 Å². The molecule has 26 heavy (non-hydrogen) atoms. The van der Waals surface area contributed by atoms with Crippen LogP contribution in [0.3, 0.4) is 0 Å².